The summed E-state index contributed by atoms with van der Waals surface area (Å²) in [6, 6.07) is 5.55. The van der Waals surface area contributed by atoms with Gasteiger partial charge in [-0.2, -0.15) is 0 Å². The second-order valence-corrected chi connectivity index (χ2v) is 7.64. The molecule has 0 aliphatic carbocycles. The molecule has 26 heavy (non-hydrogen) atoms. The third-order valence-electron chi connectivity index (χ3n) is 5.26. The first-order chi connectivity index (χ1) is 12.5. The van der Waals surface area contributed by atoms with E-state index in [1.165, 1.54) is 13.2 Å². The molecular formula is C20H32FN3O2. The van der Waals surface area contributed by atoms with Gasteiger partial charge in [0.25, 0.3) is 0 Å². The lowest BCUT2D eigenvalue weighted by atomic mass is 10.0. The number of methoxy groups -OCH3 is 1. The molecule has 0 saturated carbocycles. The molecule has 0 amide bonds. The van der Waals surface area contributed by atoms with Crippen LogP contribution in [0.4, 0.5) is 4.39 Å². The summed E-state index contributed by atoms with van der Waals surface area (Å²) in [7, 11) is 1.51. The van der Waals surface area contributed by atoms with Crippen LogP contribution in [-0.4, -0.2) is 81.0 Å². The fourth-order valence-electron chi connectivity index (χ4n) is 4.10. The quantitative estimate of drug-likeness (QED) is 0.831. The molecule has 1 aromatic carbocycles. The lowest BCUT2D eigenvalue weighted by Gasteiger charge is -2.38. The first-order valence-corrected chi connectivity index (χ1v) is 9.69. The van der Waals surface area contributed by atoms with Crippen molar-refractivity contribution in [3.8, 4) is 5.75 Å². The van der Waals surface area contributed by atoms with Crippen LogP contribution in [0.5, 0.6) is 5.75 Å². The summed E-state index contributed by atoms with van der Waals surface area (Å²) in [5.41, 5.74) is 1.11. The third-order valence-corrected chi connectivity index (χ3v) is 5.26. The summed E-state index contributed by atoms with van der Waals surface area (Å²) in [5.74, 6) is 0.0224. The van der Waals surface area contributed by atoms with Crippen molar-refractivity contribution < 1.29 is 13.9 Å². The molecule has 0 unspecified atom stereocenters. The van der Waals surface area contributed by atoms with E-state index >= 15 is 0 Å². The van der Waals surface area contributed by atoms with Gasteiger partial charge in [0, 0.05) is 51.9 Å². The average molecular weight is 365 g/mol. The Bertz CT molecular complexity index is 576. The van der Waals surface area contributed by atoms with Crippen LogP contribution < -0.4 is 10.1 Å². The van der Waals surface area contributed by atoms with E-state index in [4.69, 9.17) is 9.47 Å². The fraction of sp³-hybridized carbons (Fsp3) is 0.700. The van der Waals surface area contributed by atoms with Crippen LogP contribution >= 0.6 is 0 Å². The maximum Gasteiger partial charge on any atom is 0.165 e. The Kier molecular flexibility index (Phi) is 6.86. The molecule has 2 heterocycles. The number of nitrogens with zero attached hydrogens (tertiary/aromatic N) is 2. The largest absolute Gasteiger partial charge is 0.494 e. The van der Waals surface area contributed by atoms with Crippen LogP contribution in [0, 0.1) is 5.82 Å². The van der Waals surface area contributed by atoms with Gasteiger partial charge in [0.05, 0.1) is 19.3 Å². The van der Waals surface area contributed by atoms with Crippen LogP contribution in [0.1, 0.15) is 19.4 Å². The second kappa shape index (κ2) is 9.13. The van der Waals surface area contributed by atoms with E-state index in [-0.39, 0.29) is 5.82 Å². The lowest BCUT2D eigenvalue weighted by molar-refractivity contribution is -0.0696. The molecule has 2 aliphatic heterocycles. The van der Waals surface area contributed by atoms with Gasteiger partial charge in [0.1, 0.15) is 0 Å². The van der Waals surface area contributed by atoms with Crippen molar-refractivity contribution >= 4 is 0 Å². The van der Waals surface area contributed by atoms with Gasteiger partial charge < -0.3 is 14.8 Å². The minimum Gasteiger partial charge on any atom is -0.494 e. The van der Waals surface area contributed by atoms with Crippen molar-refractivity contribution in [1.82, 2.24) is 15.1 Å². The molecule has 6 heteroatoms. The van der Waals surface area contributed by atoms with Gasteiger partial charge in [0.15, 0.2) is 11.6 Å². The van der Waals surface area contributed by atoms with Gasteiger partial charge in [-0.25, -0.2) is 4.39 Å². The van der Waals surface area contributed by atoms with Crippen LogP contribution in [0.3, 0.4) is 0 Å². The van der Waals surface area contributed by atoms with Crippen molar-refractivity contribution in [1.29, 1.82) is 0 Å². The number of benzene rings is 1. The van der Waals surface area contributed by atoms with Gasteiger partial charge >= 0.3 is 0 Å². The maximum atomic E-state index is 13.6. The van der Waals surface area contributed by atoms with Gasteiger partial charge in [-0.05, 0) is 38.0 Å². The highest BCUT2D eigenvalue weighted by molar-refractivity contribution is 5.30. The Balaban J connectivity index is 1.48. The molecule has 0 radical (unpaired) electrons. The Morgan fingerprint density at radius 2 is 1.88 bits per heavy atom. The third kappa shape index (κ3) is 5.39. The van der Waals surface area contributed by atoms with Gasteiger partial charge in [0.2, 0.25) is 0 Å². The molecule has 0 aromatic heterocycles. The summed E-state index contributed by atoms with van der Waals surface area (Å²) in [5, 5.41) is 3.59. The maximum absolute atomic E-state index is 13.6. The van der Waals surface area contributed by atoms with E-state index in [2.05, 4.69) is 29.0 Å². The summed E-state index contributed by atoms with van der Waals surface area (Å²) in [4.78, 5) is 5.05. The Morgan fingerprint density at radius 1 is 1.15 bits per heavy atom. The first-order valence-electron chi connectivity index (χ1n) is 9.69. The van der Waals surface area contributed by atoms with Gasteiger partial charge in [-0.3, -0.25) is 9.80 Å². The zero-order valence-electron chi connectivity index (χ0n) is 16.2. The van der Waals surface area contributed by atoms with Gasteiger partial charge in [-0.15, -0.1) is 0 Å². The second-order valence-electron chi connectivity index (χ2n) is 7.64. The van der Waals surface area contributed by atoms with Crippen LogP contribution in [0.15, 0.2) is 18.2 Å². The smallest absolute Gasteiger partial charge is 0.165 e. The standard InChI is InChI=1S/C20H32FN3O2/c1-15-12-24(13-16(2)26-15)9-8-23-7-6-22-18(14-23)10-17-4-5-19(21)20(11-17)25-3/h4-5,11,15-16,18,22H,6-10,12-14H2,1-3H3/t15-,16+,18-/m1/s1. The topological polar surface area (TPSA) is 37.0 Å². The SMILES string of the molecule is COc1cc(C[C@@H]2CN(CCN3C[C@@H](C)O[C@@H](C)C3)CCN2)ccc1F. The molecule has 146 valence electrons. The number of ether oxygens (including phenoxy) is 2. The molecule has 1 N–H and O–H groups in total. The minimum atomic E-state index is -0.302. The van der Waals surface area contributed by atoms with Crippen LogP contribution in [-0.2, 0) is 11.2 Å². The predicted octanol–water partition coefficient (Wildman–Crippen LogP) is 1.76. The number of morpholine rings is 1. The van der Waals surface area contributed by atoms with Crippen LogP contribution in [0.25, 0.3) is 0 Å². The number of piperazine rings is 1. The van der Waals surface area contributed by atoms with E-state index in [0.29, 0.717) is 24.0 Å². The van der Waals surface area contributed by atoms with E-state index in [9.17, 15) is 4.39 Å². The number of rotatable bonds is 6. The summed E-state index contributed by atoms with van der Waals surface area (Å²) in [6.07, 6.45) is 1.53. The highest BCUT2D eigenvalue weighted by Crippen LogP contribution is 2.20. The zero-order valence-corrected chi connectivity index (χ0v) is 16.2. The molecule has 5 nitrogen and oxygen atoms in total. The summed E-state index contributed by atoms with van der Waals surface area (Å²) < 4.78 is 24.5. The Hall–Kier alpha value is -1.21. The van der Waals surface area contributed by atoms with E-state index < -0.39 is 0 Å². The Morgan fingerprint density at radius 3 is 2.62 bits per heavy atom. The lowest BCUT2D eigenvalue weighted by Crippen LogP contribution is -2.54. The monoisotopic (exact) mass is 365 g/mol. The highest BCUT2D eigenvalue weighted by atomic mass is 19.1. The van der Waals surface area contributed by atoms with Crippen molar-refractivity contribution in [2.75, 3.05) is 52.9 Å². The molecule has 2 aliphatic rings. The fourth-order valence-corrected chi connectivity index (χ4v) is 4.10. The molecule has 1 aromatic rings. The summed E-state index contributed by atoms with van der Waals surface area (Å²) in [6.45, 7) is 11.6. The molecule has 2 saturated heterocycles. The molecular weight excluding hydrogens is 333 g/mol. The van der Waals surface area contributed by atoms with Crippen molar-refractivity contribution in [3.63, 3.8) is 0 Å². The van der Waals surface area contributed by atoms with Crippen molar-refractivity contribution in [3.05, 3.63) is 29.6 Å². The summed E-state index contributed by atoms with van der Waals surface area (Å²) >= 11 is 0. The van der Waals surface area contributed by atoms with E-state index in [1.54, 1.807) is 0 Å². The van der Waals surface area contributed by atoms with Gasteiger partial charge in [-0.1, -0.05) is 6.07 Å². The molecule has 0 bridgehead atoms. The highest BCUT2D eigenvalue weighted by Gasteiger charge is 2.24. The predicted molar refractivity (Wildman–Crippen MR) is 101 cm³/mol. The number of nitrogens with one attached hydrogen (secondary N) is 1. The average Bonchev–Trinajstić information content (AvgIpc) is 2.61. The molecule has 3 rings (SSSR count). The minimum absolute atomic E-state index is 0.302. The normalized spacial score (nSPS) is 28.2. The first kappa shape index (κ1) is 19.5. The molecule has 3 atom stereocenters. The molecule has 2 fully saturated rings. The van der Waals surface area contributed by atoms with Crippen molar-refractivity contribution in [2.24, 2.45) is 0 Å². The number of halogens is 1. The van der Waals surface area contributed by atoms with E-state index in [1.807, 2.05) is 12.1 Å². The van der Waals surface area contributed by atoms with Crippen molar-refractivity contribution in [2.45, 2.75) is 38.5 Å². The number of hydrogen-bond acceptors (Lipinski definition) is 5. The van der Waals surface area contributed by atoms with E-state index in [0.717, 1.165) is 57.8 Å². The van der Waals surface area contributed by atoms with Crippen LogP contribution in [0.2, 0.25) is 0 Å². The molecule has 0 spiro atoms. The zero-order chi connectivity index (χ0) is 18.5. The Labute approximate surface area is 156 Å². The number of hydrogen-bond donors (Lipinski definition) is 1.